The molecule has 0 spiro atoms. The van der Waals surface area contributed by atoms with Crippen LogP contribution in [0.2, 0.25) is 0 Å². The molecule has 0 aliphatic heterocycles. The summed E-state index contributed by atoms with van der Waals surface area (Å²) in [5, 5.41) is 16.5. The van der Waals surface area contributed by atoms with Gasteiger partial charge in [0.05, 0.1) is 12.6 Å². The second-order valence-corrected chi connectivity index (χ2v) is 6.25. The highest BCUT2D eigenvalue weighted by molar-refractivity contribution is 14.0. The molecule has 0 amide bonds. The van der Waals surface area contributed by atoms with Crippen LogP contribution in [0.3, 0.4) is 0 Å². The van der Waals surface area contributed by atoms with Gasteiger partial charge in [0.1, 0.15) is 0 Å². The van der Waals surface area contributed by atoms with Crippen LogP contribution >= 0.6 is 24.0 Å². The lowest BCUT2D eigenvalue weighted by Gasteiger charge is -2.14. The first kappa shape index (κ1) is 26.0. The van der Waals surface area contributed by atoms with Crippen molar-refractivity contribution in [1.82, 2.24) is 15.6 Å². The van der Waals surface area contributed by atoms with E-state index in [9.17, 15) is 18.3 Å². The number of aromatic nitrogens is 1. The Morgan fingerprint density at radius 2 is 1.90 bits per heavy atom. The Kier molecular flexibility index (Phi) is 11.5. The van der Waals surface area contributed by atoms with Gasteiger partial charge in [-0.2, -0.15) is 13.2 Å². The van der Waals surface area contributed by atoms with Crippen LogP contribution in [-0.4, -0.2) is 41.9 Å². The fourth-order valence-electron chi connectivity index (χ4n) is 2.43. The molecule has 1 atom stereocenters. The van der Waals surface area contributed by atoms with Crippen LogP contribution in [0.1, 0.15) is 30.6 Å². The summed E-state index contributed by atoms with van der Waals surface area (Å²) in [5.41, 5.74) is 1.58. The largest absolute Gasteiger partial charge is 0.468 e. The average molecular weight is 538 g/mol. The zero-order chi connectivity index (χ0) is 21.1. The van der Waals surface area contributed by atoms with Crippen molar-refractivity contribution < 1.29 is 23.0 Å². The molecule has 30 heavy (non-hydrogen) atoms. The molecule has 0 aliphatic rings. The Morgan fingerprint density at radius 1 is 1.17 bits per heavy atom. The van der Waals surface area contributed by atoms with Crippen molar-refractivity contribution in [3.8, 4) is 5.88 Å². The highest BCUT2D eigenvalue weighted by Crippen LogP contribution is 2.17. The highest BCUT2D eigenvalue weighted by Gasteiger charge is 2.28. The second-order valence-electron chi connectivity index (χ2n) is 6.25. The van der Waals surface area contributed by atoms with Crippen LogP contribution in [0.4, 0.5) is 13.2 Å². The van der Waals surface area contributed by atoms with Gasteiger partial charge in [0, 0.05) is 25.4 Å². The molecule has 1 aromatic carbocycles. The van der Waals surface area contributed by atoms with E-state index in [-0.39, 0.29) is 29.9 Å². The molecule has 1 aromatic heterocycles. The molecule has 6 nitrogen and oxygen atoms in total. The first-order valence-electron chi connectivity index (χ1n) is 9.27. The molecule has 2 aromatic rings. The number of hydrogen-bond donors (Lipinski definition) is 3. The normalized spacial score (nSPS) is 12.6. The van der Waals surface area contributed by atoms with Gasteiger partial charge in [-0.15, -0.1) is 24.0 Å². The van der Waals surface area contributed by atoms with E-state index in [1.807, 2.05) is 37.3 Å². The van der Waals surface area contributed by atoms with Crippen LogP contribution in [0, 0.1) is 0 Å². The van der Waals surface area contributed by atoms with Gasteiger partial charge in [-0.25, -0.2) is 9.98 Å². The van der Waals surface area contributed by atoms with E-state index >= 15 is 0 Å². The lowest BCUT2D eigenvalue weighted by atomic mass is 10.1. The number of ether oxygens (including phenoxy) is 1. The van der Waals surface area contributed by atoms with Gasteiger partial charge in [-0.3, -0.25) is 0 Å². The first-order chi connectivity index (χ1) is 13.9. The Labute approximate surface area is 191 Å². The summed E-state index contributed by atoms with van der Waals surface area (Å²) in [4.78, 5) is 8.28. The molecule has 166 valence electrons. The highest BCUT2D eigenvalue weighted by atomic mass is 127. The summed E-state index contributed by atoms with van der Waals surface area (Å²) in [5.74, 6) is 0.486. The molecule has 0 saturated heterocycles. The number of nitrogens with one attached hydrogen (secondary N) is 2. The number of nitrogens with zero attached hydrogens (tertiary/aromatic N) is 2. The average Bonchev–Trinajstić information content (AvgIpc) is 2.71. The minimum atomic E-state index is -4.40. The standard InChI is InChI=1S/C20H25F3N4O2.HI/c1-2-24-19(25-11-10-17(28)16-6-4-3-5-7-16)27-13-15-8-9-18(26-12-15)29-14-20(21,22)23;/h3-9,12,17,28H,2,10-11,13-14H2,1H3,(H2,24,25,27);1H. The lowest BCUT2D eigenvalue weighted by Crippen LogP contribution is -2.38. The number of aliphatic imine (C=N–C) groups is 1. The minimum absolute atomic E-state index is 0. The number of aliphatic hydroxyl groups excluding tert-OH is 1. The zero-order valence-electron chi connectivity index (χ0n) is 16.5. The minimum Gasteiger partial charge on any atom is -0.468 e. The molecule has 1 heterocycles. The van der Waals surface area contributed by atoms with Crippen molar-refractivity contribution in [2.45, 2.75) is 32.2 Å². The fraction of sp³-hybridized carbons (Fsp3) is 0.400. The second kappa shape index (κ2) is 13.3. The van der Waals surface area contributed by atoms with E-state index in [1.165, 1.54) is 12.3 Å². The van der Waals surface area contributed by atoms with Crippen LogP contribution in [0.15, 0.2) is 53.7 Å². The topological polar surface area (TPSA) is 78.8 Å². The summed E-state index contributed by atoms with van der Waals surface area (Å²) in [6.45, 7) is 2.04. The fourth-order valence-corrected chi connectivity index (χ4v) is 2.43. The van der Waals surface area contributed by atoms with Gasteiger partial charge >= 0.3 is 6.18 Å². The summed E-state index contributed by atoms with van der Waals surface area (Å²) in [6.07, 6.45) is -3.02. The molecule has 3 N–H and O–H groups in total. The van der Waals surface area contributed by atoms with Crippen molar-refractivity contribution in [2.75, 3.05) is 19.7 Å². The molecule has 0 radical (unpaired) electrons. The number of benzene rings is 1. The van der Waals surface area contributed by atoms with Crippen molar-refractivity contribution >= 4 is 29.9 Å². The van der Waals surface area contributed by atoms with E-state index in [4.69, 9.17) is 0 Å². The van der Waals surface area contributed by atoms with Gasteiger partial charge in [0.15, 0.2) is 12.6 Å². The SMILES string of the molecule is CCNC(=NCc1ccc(OCC(F)(F)F)nc1)NCCC(O)c1ccccc1.I. The van der Waals surface area contributed by atoms with Crippen LogP contribution in [0.5, 0.6) is 5.88 Å². The molecular formula is C20H26F3IN4O2. The summed E-state index contributed by atoms with van der Waals surface area (Å²) >= 11 is 0. The van der Waals surface area contributed by atoms with E-state index in [0.717, 1.165) is 11.1 Å². The lowest BCUT2D eigenvalue weighted by molar-refractivity contribution is -0.154. The van der Waals surface area contributed by atoms with Crippen LogP contribution < -0.4 is 15.4 Å². The van der Waals surface area contributed by atoms with Gasteiger partial charge in [-0.1, -0.05) is 36.4 Å². The number of hydrogen-bond acceptors (Lipinski definition) is 4. The summed E-state index contributed by atoms with van der Waals surface area (Å²) < 4.78 is 41.0. The molecular weight excluding hydrogens is 512 g/mol. The molecule has 0 bridgehead atoms. The van der Waals surface area contributed by atoms with Crippen molar-refractivity contribution in [2.24, 2.45) is 4.99 Å². The first-order valence-corrected chi connectivity index (χ1v) is 9.27. The summed E-state index contributed by atoms with van der Waals surface area (Å²) in [6, 6.07) is 12.4. The Balaban J connectivity index is 0.00000450. The molecule has 0 aliphatic carbocycles. The molecule has 2 rings (SSSR count). The third-order valence-electron chi connectivity index (χ3n) is 3.84. The van der Waals surface area contributed by atoms with Crippen LogP contribution in [-0.2, 0) is 6.54 Å². The maximum Gasteiger partial charge on any atom is 0.422 e. The monoisotopic (exact) mass is 538 g/mol. The van der Waals surface area contributed by atoms with E-state index < -0.39 is 18.9 Å². The molecule has 0 fully saturated rings. The van der Waals surface area contributed by atoms with Crippen LogP contribution in [0.25, 0.3) is 0 Å². The number of rotatable bonds is 9. The van der Waals surface area contributed by atoms with Crippen molar-refractivity contribution in [1.29, 1.82) is 0 Å². The molecule has 0 saturated carbocycles. The van der Waals surface area contributed by atoms with Gasteiger partial charge in [0.25, 0.3) is 0 Å². The van der Waals surface area contributed by atoms with Gasteiger partial charge in [-0.05, 0) is 24.5 Å². The number of aliphatic hydroxyl groups is 1. The third kappa shape index (κ3) is 10.1. The summed E-state index contributed by atoms with van der Waals surface area (Å²) in [7, 11) is 0. The number of halogens is 4. The van der Waals surface area contributed by atoms with Gasteiger partial charge in [0.2, 0.25) is 5.88 Å². The maximum atomic E-state index is 12.2. The number of alkyl halides is 3. The predicted molar refractivity (Wildman–Crippen MR) is 120 cm³/mol. The molecule has 10 heteroatoms. The maximum absolute atomic E-state index is 12.2. The quantitative estimate of drug-likeness (QED) is 0.257. The smallest absolute Gasteiger partial charge is 0.422 e. The zero-order valence-corrected chi connectivity index (χ0v) is 18.9. The Bertz CT molecular complexity index is 759. The van der Waals surface area contributed by atoms with Crippen molar-refractivity contribution in [3.63, 3.8) is 0 Å². The number of guanidine groups is 1. The van der Waals surface area contributed by atoms with Gasteiger partial charge < -0.3 is 20.5 Å². The molecule has 1 unspecified atom stereocenters. The Morgan fingerprint density at radius 3 is 2.50 bits per heavy atom. The van der Waals surface area contributed by atoms with Crippen molar-refractivity contribution in [3.05, 3.63) is 59.8 Å². The third-order valence-corrected chi connectivity index (χ3v) is 3.84. The number of pyridine rings is 1. The van der Waals surface area contributed by atoms with E-state index in [2.05, 4.69) is 25.3 Å². The van der Waals surface area contributed by atoms with E-state index in [1.54, 1.807) is 6.07 Å². The van der Waals surface area contributed by atoms with E-state index in [0.29, 0.717) is 32.0 Å². The predicted octanol–water partition coefficient (Wildman–Crippen LogP) is 3.82. The Hall–Kier alpha value is -2.08.